The van der Waals surface area contributed by atoms with Gasteiger partial charge in [-0.1, -0.05) is 19.1 Å². The van der Waals surface area contributed by atoms with Crippen molar-refractivity contribution in [1.29, 1.82) is 5.26 Å². The van der Waals surface area contributed by atoms with Crippen LogP contribution in [0.5, 0.6) is 0 Å². The Kier molecular flexibility index (Phi) is 3.65. The highest BCUT2D eigenvalue weighted by molar-refractivity contribution is 7.18. The van der Waals surface area contributed by atoms with Gasteiger partial charge in [-0.3, -0.25) is 14.3 Å². The summed E-state index contributed by atoms with van der Waals surface area (Å²) >= 11 is 1.43. The molecule has 3 rings (SSSR count). The second-order valence-corrected chi connectivity index (χ2v) is 6.08. The van der Waals surface area contributed by atoms with Crippen molar-refractivity contribution < 1.29 is 0 Å². The van der Waals surface area contributed by atoms with Crippen molar-refractivity contribution in [3.05, 3.63) is 67.2 Å². The molecule has 0 radical (unpaired) electrons. The van der Waals surface area contributed by atoms with Gasteiger partial charge in [0.25, 0.3) is 5.56 Å². The molecule has 0 saturated heterocycles. The predicted molar refractivity (Wildman–Crippen MR) is 86.3 cm³/mol. The van der Waals surface area contributed by atoms with Crippen molar-refractivity contribution in [3.63, 3.8) is 0 Å². The molecule has 0 spiro atoms. The van der Waals surface area contributed by atoms with Crippen molar-refractivity contribution >= 4 is 21.6 Å². The van der Waals surface area contributed by atoms with Crippen LogP contribution in [-0.2, 0) is 13.0 Å². The molecule has 0 unspecified atom stereocenters. The summed E-state index contributed by atoms with van der Waals surface area (Å²) in [6.45, 7) is 2.16. The number of benzene rings is 1. The Balaban J connectivity index is 2.12. The number of hydrogen-bond acceptors (Lipinski definition) is 4. The topological polar surface area (TPSA) is 78.7 Å². The van der Waals surface area contributed by atoms with Crippen LogP contribution in [0.4, 0.5) is 0 Å². The van der Waals surface area contributed by atoms with E-state index in [2.05, 4.69) is 11.1 Å². The van der Waals surface area contributed by atoms with Crippen molar-refractivity contribution in [2.75, 3.05) is 0 Å². The molecular formula is C16H13N3O2S. The van der Waals surface area contributed by atoms with Gasteiger partial charge < -0.3 is 0 Å². The average molecular weight is 311 g/mol. The van der Waals surface area contributed by atoms with Gasteiger partial charge in [-0.05, 0) is 30.2 Å². The van der Waals surface area contributed by atoms with E-state index in [1.165, 1.54) is 15.9 Å². The summed E-state index contributed by atoms with van der Waals surface area (Å²) in [6.07, 6.45) is 0.824. The number of hydrogen-bond donors (Lipinski definition) is 1. The molecule has 0 saturated carbocycles. The first-order valence-corrected chi connectivity index (χ1v) is 7.68. The standard InChI is InChI=1S/C16H13N3O2S/c1-2-12-7-13-14(22-12)18-16(21)19(15(13)20)9-11-5-3-4-10(6-11)8-17/h3-7H,2,9H2,1H3,(H,18,21). The monoisotopic (exact) mass is 311 g/mol. The molecule has 0 aliphatic heterocycles. The molecule has 0 bridgehead atoms. The summed E-state index contributed by atoms with van der Waals surface area (Å²) < 4.78 is 1.17. The minimum Gasteiger partial charge on any atom is -0.298 e. The van der Waals surface area contributed by atoms with Crippen molar-refractivity contribution in [2.45, 2.75) is 19.9 Å². The number of nitrogens with one attached hydrogen (secondary N) is 1. The Morgan fingerprint density at radius 1 is 1.32 bits per heavy atom. The largest absolute Gasteiger partial charge is 0.329 e. The van der Waals surface area contributed by atoms with E-state index in [0.29, 0.717) is 15.8 Å². The smallest absolute Gasteiger partial charge is 0.298 e. The van der Waals surface area contributed by atoms with Crippen LogP contribution in [0.25, 0.3) is 10.2 Å². The molecule has 2 aromatic heterocycles. The molecule has 22 heavy (non-hydrogen) atoms. The van der Waals surface area contributed by atoms with Gasteiger partial charge >= 0.3 is 5.69 Å². The number of H-pyrrole nitrogens is 1. The quantitative estimate of drug-likeness (QED) is 0.805. The van der Waals surface area contributed by atoms with E-state index in [0.717, 1.165) is 16.9 Å². The number of thiophene rings is 1. The summed E-state index contributed by atoms with van der Waals surface area (Å²) in [5, 5.41) is 9.46. The fraction of sp³-hybridized carbons (Fsp3) is 0.188. The molecule has 0 atom stereocenters. The van der Waals surface area contributed by atoms with E-state index in [4.69, 9.17) is 5.26 Å². The number of rotatable bonds is 3. The first-order chi connectivity index (χ1) is 10.6. The summed E-state index contributed by atoms with van der Waals surface area (Å²) in [5.74, 6) is 0. The Hall–Kier alpha value is -2.65. The van der Waals surface area contributed by atoms with E-state index >= 15 is 0 Å². The number of nitrogens with zero attached hydrogens (tertiary/aromatic N) is 2. The molecule has 0 aliphatic rings. The summed E-state index contributed by atoms with van der Waals surface area (Å²) in [6, 6.07) is 10.8. The van der Waals surface area contributed by atoms with Gasteiger partial charge in [-0.15, -0.1) is 11.3 Å². The van der Waals surface area contributed by atoms with E-state index in [9.17, 15) is 9.59 Å². The lowest BCUT2D eigenvalue weighted by atomic mass is 10.1. The third kappa shape index (κ3) is 2.47. The maximum absolute atomic E-state index is 12.5. The van der Waals surface area contributed by atoms with Crippen LogP contribution in [0, 0.1) is 11.3 Å². The number of aromatic nitrogens is 2. The van der Waals surface area contributed by atoms with Crippen molar-refractivity contribution in [1.82, 2.24) is 9.55 Å². The molecular weight excluding hydrogens is 298 g/mol. The average Bonchev–Trinajstić information content (AvgIpc) is 2.95. The normalized spacial score (nSPS) is 10.7. The minimum atomic E-state index is -0.427. The first kappa shape index (κ1) is 14.3. The summed E-state index contributed by atoms with van der Waals surface area (Å²) in [4.78, 5) is 29.1. The molecule has 1 N–H and O–H groups in total. The van der Waals surface area contributed by atoms with E-state index < -0.39 is 5.69 Å². The number of nitriles is 1. The van der Waals surface area contributed by atoms with Crippen LogP contribution >= 0.6 is 11.3 Å². The van der Waals surface area contributed by atoms with Gasteiger partial charge in [0, 0.05) is 4.88 Å². The fourth-order valence-corrected chi connectivity index (χ4v) is 3.31. The molecule has 3 aromatic rings. The third-order valence-corrected chi connectivity index (χ3v) is 4.66. The van der Waals surface area contributed by atoms with E-state index in [1.54, 1.807) is 24.3 Å². The lowest BCUT2D eigenvalue weighted by Gasteiger charge is -2.05. The highest BCUT2D eigenvalue weighted by Gasteiger charge is 2.11. The molecule has 1 aromatic carbocycles. The van der Waals surface area contributed by atoms with Gasteiger partial charge in [-0.25, -0.2) is 4.79 Å². The lowest BCUT2D eigenvalue weighted by molar-refractivity contribution is 0.712. The van der Waals surface area contributed by atoms with Gasteiger partial charge in [0.1, 0.15) is 4.83 Å². The minimum absolute atomic E-state index is 0.150. The Labute approximate surface area is 130 Å². The van der Waals surface area contributed by atoms with Gasteiger partial charge in [0.15, 0.2) is 0 Å². The Morgan fingerprint density at radius 2 is 2.14 bits per heavy atom. The SMILES string of the molecule is CCc1cc2c(=O)n(Cc3cccc(C#N)c3)c(=O)[nH]c2s1. The molecule has 5 nitrogen and oxygen atoms in total. The van der Waals surface area contributed by atoms with Crippen LogP contribution in [-0.4, -0.2) is 9.55 Å². The molecule has 110 valence electrons. The van der Waals surface area contributed by atoms with Crippen LogP contribution in [0.15, 0.2) is 39.9 Å². The molecule has 0 aliphatic carbocycles. The molecule has 0 fully saturated rings. The number of fused-ring (bicyclic) bond motifs is 1. The lowest BCUT2D eigenvalue weighted by Crippen LogP contribution is -2.34. The zero-order valence-electron chi connectivity index (χ0n) is 11.9. The van der Waals surface area contributed by atoms with Gasteiger partial charge in [-0.2, -0.15) is 5.26 Å². The van der Waals surface area contributed by atoms with Gasteiger partial charge in [0.2, 0.25) is 0 Å². The zero-order chi connectivity index (χ0) is 15.7. The second-order valence-electron chi connectivity index (χ2n) is 4.94. The van der Waals surface area contributed by atoms with Crippen molar-refractivity contribution in [2.24, 2.45) is 0 Å². The second kappa shape index (κ2) is 5.62. The van der Waals surface area contributed by atoms with E-state index in [-0.39, 0.29) is 12.1 Å². The van der Waals surface area contributed by atoms with E-state index in [1.807, 2.05) is 13.0 Å². The van der Waals surface area contributed by atoms with Gasteiger partial charge in [0.05, 0.1) is 23.6 Å². The Bertz CT molecular complexity index is 1000. The van der Waals surface area contributed by atoms with Crippen molar-refractivity contribution in [3.8, 4) is 6.07 Å². The molecule has 2 heterocycles. The maximum atomic E-state index is 12.5. The zero-order valence-corrected chi connectivity index (χ0v) is 12.7. The third-order valence-electron chi connectivity index (χ3n) is 3.47. The molecule has 0 amide bonds. The molecule has 6 heteroatoms. The summed E-state index contributed by atoms with van der Waals surface area (Å²) in [7, 11) is 0. The van der Waals surface area contributed by atoms with Crippen LogP contribution in [0.3, 0.4) is 0 Å². The number of aromatic amines is 1. The first-order valence-electron chi connectivity index (χ1n) is 6.87. The van der Waals surface area contributed by atoms with Crippen LogP contribution in [0.2, 0.25) is 0 Å². The maximum Gasteiger partial charge on any atom is 0.329 e. The van der Waals surface area contributed by atoms with Crippen LogP contribution < -0.4 is 11.2 Å². The highest BCUT2D eigenvalue weighted by Crippen LogP contribution is 2.20. The number of aryl methyl sites for hydroxylation is 1. The fourth-order valence-electron chi connectivity index (χ4n) is 2.34. The highest BCUT2D eigenvalue weighted by atomic mass is 32.1. The Morgan fingerprint density at radius 3 is 2.86 bits per heavy atom. The summed E-state index contributed by atoms with van der Waals surface area (Å²) in [5.41, 5.74) is 0.533. The predicted octanol–water partition coefficient (Wildman–Crippen LogP) is 2.23. The van der Waals surface area contributed by atoms with Crippen LogP contribution in [0.1, 0.15) is 22.9 Å².